The number of halogens is 1. The molecule has 7 heteroatoms. The number of hydrogen-bond acceptors (Lipinski definition) is 3. The number of carbonyl (C=O) groups is 1. The molecule has 5 nitrogen and oxygen atoms in total. The minimum atomic E-state index is -3.32. The third kappa shape index (κ3) is 4.16. The quantitative estimate of drug-likeness (QED) is 0.696. The second kappa shape index (κ2) is 7.73. The highest BCUT2D eigenvalue weighted by Gasteiger charge is 2.47. The molecule has 25 heavy (non-hydrogen) atoms. The van der Waals surface area contributed by atoms with Crippen LogP contribution in [0.2, 0.25) is 0 Å². The molecular weight excluding hydrogens is 360 g/mol. The van der Waals surface area contributed by atoms with Crippen LogP contribution in [0.25, 0.3) is 0 Å². The molecule has 0 radical (unpaired) electrons. The lowest BCUT2D eigenvalue weighted by atomic mass is 9.86. The number of nitrogens with zero attached hydrogens (tertiary/aromatic N) is 2. The van der Waals surface area contributed by atoms with Crippen molar-refractivity contribution in [2.75, 3.05) is 12.3 Å². The van der Waals surface area contributed by atoms with Crippen LogP contribution >= 0.6 is 11.6 Å². The lowest BCUT2D eigenvalue weighted by Crippen LogP contribution is -2.66. The molecule has 1 aliphatic heterocycles. The van der Waals surface area contributed by atoms with Crippen LogP contribution in [-0.2, 0) is 14.8 Å². The number of carbonyl (C=O) groups excluding carboxylic acids is 1. The summed E-state index contributed by atoms with van der Waals surface area (Å²) in [4.78, 5) is 14.1. The summed E-state index contributed by atoms with van der Waals surface area (Å²) in [7, 11) is -3.32. The molecule has 0 bridgehead atoms. The summed E-state index contributed by atoms with van der Waals surface area (Å²) in [6.45, 7) is 4.01. The van der Waals surface area contributed by atoms with Gasteiger partial charge >= 0.3 is 0 Å². The Kier molecular flexibility index (Phi) is 6.01. The number of sulfonamides is 1. The Balaban J connectivity index is 1.79. The Hall–Kier alpha value is -0.330. The summed E-state index contributed by atoms with van der Waals surface area (Å²) in [6, 6.07) is -0.0649. The molecule has 1 amide bonds. The van der Waals surface area contributed by atoms with Gasteiger partial charge in [0.05, 0.1) is 5.75 Å². The van der Waals surface area contributed by atoms with Gasteiger partial charge in [-0.3, -0.25) is 4.79 Å². The van der Waals surface area contributed by atoms with Gasteiger partial charge in [0.1, 0.15) is 0 Å². The summed E-state index contributed by atoms with van der Waals surface area (Å²) in [5.41, 5.74) is 0. The van der Waals surface area contributed by atoms with Crippen LogP contribution in [0.1, 0.15) is 65.2 Å². The van der Waals surface area contributed by atoms with Crippen molar-refractivity contribution in [3.05, 3.63) is 0 Å². The molecule has 1 saturated heterocycles. The molecule has 1 heterocycles. The normalized spacial score (nSPS) is 37.6. The van der Waals surface area contributed by atoms with E-state index in [1.807, 2.05) is 11.8 Å². The van der Waals surface area contributed by atoms with E-state index in [4.69, 9.17) is 11.6 Å². The monoisotopic (exact) mass is 390 g/mol. The largest absolute Gasteiger partial charge is 0.334 e. The van der Waals surface area contributed by atoms with Crippen molar-refractivity contribution in [2.24, 2.45) is 5.92 Å². The van der Waals surface area contributed by atoms with Crippen molar-refractivity contribution in [1.29, 1.82) is 0 Å². The van der Waals surface area contributed by atoms with Gasteiger partial charge in [0.15, 0.2) is 0 Å². The van der Waals surface area contributed by atoms with E-state index in [2.05, 4.69) is 0 Å². The van der Waals surface area contributed by atoms with Crippen molar-refractivity contribution in [2.45, 2.75) is 88.7 Å². The fourth-order valence-corrected chi connectivity index (χ4v) is 7.79. The lowest BCUT2D eigenvalue weighted by Gasteiger charge is -2.52. The lowest BCUT2D eigenvalue weighted by molar-refractivity contribution is -0.139. The Labute approximate surface area is 157 Å². The van der Waals surface area contributed by atoms with Gasteiger partial charge in [0.2, 0.25) is 15.9 Å². The van der Waals surface area contributed by atoms with Gasteiger partial charge < -0.3 is 4.90 Å². The number of rotatable bonds is 3. The van der Waals surface area contributed by atoms with E-state index in [0.29, 0.717) is 6.54 Å². The average molecular weight is 391 g/mol. The molecule has 4 unspecified atom stereocenters. The van der Waals surface area contributed by atoms with Crippen molar-refractivity contribution < 1.29 is 13.2 Å². The van der Waals surface area contributed by atoms with Crippen molar-refractivity contribution >= 4 is 27.5 Å². The zero-order chi connectivity index (χ0) is 18.2. The van der Waals surface area contributed by atoms with Crippen LogP contribution in [-0.4, -0.2) is 59.3 Å². The Bertz CT molecular complexity index is 597. The molecule has 0 aromatic carbocycles. The van der Waals surface area contributed by atoms with Crippen LogP contribution in [0.4, 0.5) is 0 Å². The third-order valence-electron chi connectivity index (χ3n) is 6.23. The van der Waals surface area contributed by atoms with Gasteiger partial charge in [0, 0.05) is 37.0 Å². The highest BCUT2D eigenvalue weighted by molar-refractivity contribution is 7.89. The van der Waals surface area contributed by atoms with Crippen LogP contribution in [0.5, 0.6) is 0 Å². The maximum Gasteiger partial charge on any atom is 0.220 e. The Morgan fingerprint density at radius 1 is 1.08 bits per heavy atom. The minimum Gasteiger partial charge on any atom is -0.334 e. The van der Waals surface area contributed by atoms with E-state index in [1.54, 1.807) is 11.2 Å². The molecule has 0 aromatic rings. The molecule has 0 spiro atoms. The van der Waals surface area contributed by atoms with Crippen LogP contribution in [0.15, 0.2) is 0 Å². The van der Waals surface area contributed by atoms with Gasteiger partial charge in [-0.15, -0.1) is 11.6 Å². The van der Waals surface area contributed by atoms with Gasteiger partial charge in [-0.2, -0.15) is 4.31 Å². The molecule has 2 saturated carbocycles. The molecule has 3 aliphatic rings. The van der Waals surface area contributed by atoms with Gasteiger partial charge in [-0.05, 0) is 44.9 Å². The first-order valence-corrected chi connectivity index (χ1v) is 11.8. The molecule has 3 fully saturated rings. The second-order valence-corrected chi connectivity index (χ2v) is 10.8. The molecular formula is C18H31ClN2O3S. The molecule has 5 atom stereocenters. The molecule has 0 aromatic heterocycles. The number of fused-ring (bicyclic) bond motifs is 1. The summed E-state index contributed by atoms with van der Waals surface area (Å²) in [5, 5.41) is 0.116. The first-order valence-electron chi connectivity index (χ1n) is 9.72. The van der Waals surface area contributed by atoms with Crippen molar-refractivity contribution in [3.8, 4) is 0 Å². The fraction of sp³-hybridized carbons (Fsp3) is 0.944. The van der Waals surface area contributed by atoms with Gasteiger partial charge in [-0.25, -0.2) is 8.42 Å². The molecule has 3 rings (SSSR count). The third-order valence-corrected chi connectivity index (χ3v) is 8.65. The van der Waals surface area contributed by atoms with E-state index < -0.39 is 10.0 Å². The van der Waals surface area contributed by atoms with Crippen molar-refractivity contribution in [3.63, 3.8) is 0 Å². The van der Waals surface area contributed by atoms with Gasteiger partial charge in [-0.1, -0.05) is 19.3 Å². The second-order valence-electron chi connectivity index (χ2n) is 8.17. The molecule has 144 valence electrons. The zero-order valence-corrected chi connectivity index (χ0v) is 16.9. The van der Waals surface area contributed by atoms with E-state index in [1.165, 1.54) is 0 Å². The fourth-order valence-electron chi connectivity index (χ4n) is 5.20. The SMILES string of the molecule is CC(=O)N1C2CCCCC2N(S(=O)(=O)CC2CCCC(Cl)C2)C[C@@H]1C. The zero-order valence-electron chi connectivity index (χ0n) is 15.4. The number of amides is 1. The predicted octanol–water partition coefficient (Wildman–Crippen LogP) is 2.98. The Morgan fingerprint density at radius 3 is 2.40 bits per heavy atom. The molecule has 0 N–H and O–H groups in total. The van der Waals surface area contributed by atoms with Gasteiger partial charge in [0.25, 0.3) is 0 Å². The maximum atomic E-state index is 13.2. The molecule has 2 aliphatic carbocycles. The van der Waals surface area contributed by atoms with E-state index in [9.17, 15) is 13.2 Å². The maximum absolute atomic E-state index is 13.2. The average Bonchev–Trinajstić information content (AvgIpc) is 2.53. The minimum absolute atomic E-state index is 0.0388. The summed E-state index contributed by atoms with van der Waals surface area (Å²) in [5.74, 6) is 0.454. The van der Waals surface area contributed by atoms with Crippen LogP contribution in [0.3, 0.4) is 0 Å². The number of piperazine rings is 1. The van der Waals surface area contributed by atoms with Crippen LogP contribution in [0, 0.1) is 5.92 Å². The summed E-state index contributed by atoms with van der Waals surface area (Å²) >= 11 is 6.26. The Morgan fingerprint density at radius 2 is 1.76 bits per heavy atom. The highest BCUT2D eigenvalue weighted by atomic mass is 35.5. The van der Waals surface area contributed by atoms with E-state index in [-0.39, 0.29) is 41.1 Å². The van der Waals surface area contributed by atoms with E-state index in [0.717, 1.165) is 51.4 Å². The number of alkyl halides is 1. The standard InChI is InChI=1S/C18H31ClN2O3S/c1-13-11-20(17-8-3-4-9-18(17)21(13)14(2)22)25(23,24)12-15-6-5-7-16(19)10-15/h13,15-18H,3-12H2,1-2H3/t13-,15?,16?,17?,18?/m0/s1. The first-order chi connectivity index (χ1) is 11.8. The highest BCUT2D eigenvalue weighted by Crippen LogP contribution is 2.36. The van der Waals surface area contributed by atoms with E-state index >= 15 is 0 Å². The smallest absolute Gasteiger partial charge is 0.220 e. The summed E-state index contributed by atoms with van der Waals surface area (Å²) < 4.78 is 28.2. The van der Waals surface area contributed by atoms with Crippen LogP contribution < -0.4 is 0 Å². The predicted molar refractivity (Wildman–Crippen MR) is 100 cm³/mol. The topological polar surface area (TPSA) is 57.7 Å². The first kappa shape index (κ1) is 19.4. The number of hydrogen-bond donors (Lipinski definition) is 0. The summed E-state index contributed by atoms with van der Waals surface area (Å²) in [6.07, 6.45) is 7.67. The van der Waals surface area contributed by atoms with Crippen molar-refractivity contribution in [1.82, 2.24) is 9.21 Å².